The predicted molar refractivity (Wildman–Crippen MR) is 111 cm³/mol. The van der Waals surface area contributed by atoms with Crippen LogP contribution in [0.5, 0.6) is 5.75 Å². The summed E-state index contributed by atoms with van der Waals surface area (Å²) >= 11 is 0. The Morgan fingerprint density at radius 1 is 1.07 bits per heavy atom. The molecule has 1 N–H and O–H groups in total. The summed E-state index contributed by atoms with van der Waals surface area (Å²) in [6.45, 7) is 6.00. The van der Waals surface area contributed by atoms with Crippen molar-refractivity contribution >= 4 is 17.5 Å². The van der Waals surface area contributed by atoms with Gasteiger partial charge in [-0.2, -0.15) is 0 Å². The highest BCUT2D eigenvalue weighted by Gasteiger charge is 2.22. The van der Waals surface area contributed by atoms with Crippen LogP contribution in [0.15, 0.2) is 36.7 Å². The average Bonchev–Trinajstić information content (AvgIpc) is 2.77. The number of nitrogens with zero attached hydrogens (tertiary/aromatic N) is 4. The van der Waals surface area contributed by atoms with Gasteiger partial charge in [0, 0.05) is 50.8 Å². The second-order valence-corrected chi connectivity index (χ2v) is 6.91. The summed E-state index contributed by atoms with van der Waals surface area (Å²) in [5.74, 6) is 1.42. The van der Waals surface area contributed by atoms with Crippen LogP contribution in [0.1, 0.15) is 36.5 Å². The molecule has 1 fully saturated rings. The van der Waals surface area contributed by atoms with Crippen LogP contribution in [0.2, 0.25) is 0 Å². The van der Waals surface area contributed by atoms with Crippen LogP contribution in [-0.4, -0.2) is 60.6 Å². The molecule has 0 spiro atoms. The maximum absolute atomic E-state index is 12.7. The third-order valence-electron chi connectivity index (χ3n) is 4.97. The number of carbonyl (C=O) groups is 1. The van der Waals surface area contributed by atoms with Crippen LogP contribution >= 0.6 is 0 Å². The minimum Gasteiger partial charge on any atom is -0.497 e. The fourth-order valence-corrected chi connectivity index (χ4v) is 3.25. The van der Waals surface area contributed by atoms with E-state index in [1.807, 2.05) is 17.0 Å². The molecule has 2 heterocycles. The Hall–Kier alpha value is -2.83. The van der Waals surface area contributed by atoms with Crippen molar-refractivity contribution in [3.63, 3.8) is 0 Å². The molecule has 7 nitrogen and oxygen atoms in total. The normalized spacial score (nSPS) is 14.1. The lowest BCUT2D eigenvalue weighted by molar-refractivity contribution is 0.0746. The van der Waals surface area contributed by atoms with Gasteiger partial charge in [-0.25, -0.2) is 9.97 Å². The quantitative estimate of drug-likeness (QED) is 0.707. The van der Waals surface area contributed by atoms with Crippen molar-refractivity contribution < 1.29 is 9.53 Å². The third kappa shape index (κ3) is 5.12. The molecule has 7 heteroatoms. The minimum atomic E-state index is -0.00749. The van der Waals surface area contributed by atoms with E-state index in [9.17, 15) is 4.79 Å². The summed E-state index contributed by atoms with van der Waals surface area (Å²) < 4.78 is 5.21. The van der Waals surface area contributed by atoms with Crippen molar-refractivity contribution in [2.24, 2.45) is 0 Å². The van der Waals surface area contributed by atoms with E-state index in [1.54, 1.807) is 19.5 Å². The molecule has 1 aliphatic rings. The van der Waals surface area contributed by atoms with Crippen molar-refractivity contribution in [2.75, 3.05) is 50.1 Å². The number of unbranched alkanes of at least 4 members (excludes halogenated alkanes) is 2. The standard InChI is InChI=1S/C21H29N5O2/c1-3-4-5-10-22-21-23-15-17(16-24-21)20(27)26-13-11-25(12-14-26)18-6-8-19(28-2)9-7-18/h6-9,15-16H,3-5,10-14H2,1-2H3,(H,22,23,24). The Balaban J connectivity index is 1.50. The fraction of sp³-hybridized carbons (Fsp3) is 0.476. The highest BCUT2D eigenvalue weighted by atomic mass is 16.5. The van der Waals surface area contributed by atoms with E-state index in [4.69, 9.17) is 4.74 Å². The van der Waals surface area contributed by atoms with Gasteiger partial charge < -0.3 is 19.9 Å². The Morgan fingerprint density at radius 3 is 2.36 bits per heavy atom. The Morgan fingerprint density at radius 2 is 1.75 bits per heavy atom. The summed E-state index contributed by atoms with van der Waals surface area (Å²) in [6, 6.07) is 8.02. The average molecular weight is 383 g/mol. The van der Waals surface area contributed by atoms with E-state index in [0.29, 0.717) is 24.6 Å². The van der Waals surface area contributed by atoms with Gasteiger partial charge in [0.2, 0.25) is 5.95 Å². The Labute approximate surface area is 166 Å². The smallest absolute Gasteiger partial charge is 0.257 e. The first kappa shape index (κ1) is 19.9. The molecule has 0 aliphatic carbocycles. The zero-order valence-corrected chi connectivity index (χ0v) is 16.7. The summed E-state index contributed by atoms with van der Waals surface area (Å²) in [6.07, 6.45) is 6.70. The van der Waals surface area contributed by atoms with Crippen LogP contribution < -0.4 is 15.0 Å². The van der Waals surface area contributed by atoms with Gasteiger partial charge in [0.15, 0.2) is 0 Å². The first-order chi connectivity index (χ1) is 13.7. The van der Waals surface area contributed by atoms with E-state index in [0.717, 1.165) is 37.5 Å². The van der Waals surface area contributed by atoms with Gasteiger partial charge in [0.25, 0.3) is 5.91 Å². The van der Waals surface area contributed by atoms with E-state index >= 15 is 0 Å². The van der Waals surface area contributed by atoms with Crippen LogP contribution in [0.25, 0.3) is 0 Å². The maximum atomic E-state index is 12.7. The monoisotopic (exact) mass is 383 g/mol. The summed E-state index contributed by atoms with van der Waals surface area (Å²) in [5, 5.41) is 3.19. The lowest BCUT2D eigenvalue weighted by Crippen LogP contribution is -2.48. The molecule has 3 rings (SSSR count). The maximum Gasteiger partial charge on any atom is 0.257 e. The van der Waals surface area contributed by atoms with Gasteiger partial charge in [-0.1, -0.05) is 19.8 Å². The molecule has 1 saturated heterocycles. The Bertz CT molecular complexity index is 740. The molecule has 1 aromatic heterocycles. The molecule has 28 heavy (non-hydrogen) atoms. The van der Waals surface area contributed by atoms with Gasteiger partial charge in [-0.3, -0.25) is 4.79 Å². The van der Waals surface area contributed by atoms with Gasteiger partial charge in [0.05, 0.1) is 12.7 Å². The number of piperazine rings is 1. The fourth-order valence-electron chi connectivity index (χ4n) is 3.25. The molecule has 2 aromatic rings. The van der Waals surface area contributed by atoms with Crippen LogP contribution in [-0.2, 0) is 0 Å². The van der Waals surface area contributed by atoms with Crippen LogP contribution in [0, 0.1) is 0 Å². The van der Waals surface area contributed by atoms with Crippen LogP contribution in [0.3, 0.4) is 0 Å². The number of nitrogens with one attached hydrogen (secondary N) is 1. The number of benzene rings is 1. The number of methoxy groups -OCH3 is 1. The van der Waals surface area contributed by atoms with Crippen molar-refractivity contribution in [1.29, 1.82) is 0 Å². The first-order valence-corrected chi connectivity index (χ1v) is 9.95. The lowest BCUT2D eigenvalue weighted by atomic mass is 10.2. The largest absolute Gasteiger partial charge is 0.497 e. The van der Waals surface area contributed by atoms with E-state index in [2.05, 4.69) is 39.2 Å². The highest BCUT2D eigenvalue weighted by Crippen LogP contribution is 2.21. The molecule has 150 valence electrons. The van der Waals surface area contributed by atoms with E-state index in [-0.39, 0.29) is 5.91 Å². The van der Waals surface area contributed by atoms with Gasteiger partial charge in [-0.05, 0) is 30.7 Å². The van der Waals surface area contributed by atoms with Gasteiger partial charge >= 0.3 is 0 Å². The number of aromatic nitrogens is 2. The summed E-state index contributed by atoms with van der Waals surface area (Å²) in [7, 11) is 1.66. The highest BCUT2D eigenvalue weighted by molar-refractivity contribution is 5.93. The molecular formula is C21H29N5O2. The van der Waals surface area contributed by atoms with Gasteiger partial charge in [0.1, 0.15) is 5.75 Å². The third-order valence-corrected chi connectivity index (χ3v) is 4.97. The van der Waals surface area contributed by atoms with Crippen molar-refractivity contribution in [1.82, 2.24) is 14.9 Å². The van der Waals surface area contributed by atoms with Crippen molar-refractivity contribution in [3.8, 4) is 5.75 Å². The molecule has 1 aliphatic heterocycles. The number of amides is 1. The van der Waals surface area contributed by atoms with Crippen LogP contribution in [0.4, 0.5) is 11.6 Å². The van der Waals surface area contributed by atoms with Crippen molar-refractivity contribution in [3.05, 3.63) is 42.2 Å². The summed E-state index contributed by atoms with van der Waals surface area (Å²) in [4.78, 5) is 25.4. The molecule has 0 radical (unpaired) electrons. The lowest BCUT2D eigenvalue weighted by Gasteiger charge is -2.36. The van der Waals surface area contributed by atoms with Crippen molar-refractivity contribution in [2.45, 2.75) is 26.2 Å². The number of anilines is 2. The second kappa shape index (κ2) is 9.92. The van der Waals surface area contributed by atoms with E-state index in [1.165, 1.54) is 12.8 Å². The number of hydrogen-bond donors (Lipinski definition) is 1. The zero-order chi connectivity index (χ0) is 19.8. The molecule has 1 amide bonds. The Kier molecular flexibility index (Phi) is 7.06. The number of hydrogen-bond acceptors (Lipinski definition) is 6. The number of ether oxygens (including phenoxy) is 1. The second-order valence-electron chi connectivity index (χ2n) is 6.91. The SMILES string of the molecule is CCCCCNc1ncc(C(=O)N2CCN(c3ccc(OC)cc3)CC2)cn1. The van der Waals surface area contributed by atoms with E-state index < -0.39 is 0 Å². The molecule has 0 saturated carbocycles. The summed E-state index contributed by atoms with van der Waals surface area (Å²) in [5.41, 5.74) is 1.69. The number of carbonyl (C=O) groups excluding carboxylic acids is 1. The zero-order valence-electron chi connectivity index (χ0n) is 16.7. The topological polar surface area (TPSA) is 70.6 Å². The minimum absolute atomic E-state index is 0.00749. The molecule has 0 atom stereocenters. The number of rotatable bonds is 8. The molecular weight excluding hydrogens is 354 g/mol. The van der Waals surface area contributed by atoms with Gasteiger partial charge in [-0.15, -0.1) is 0 Å². The molecule has 0 unspecified atom stereocenters. The first-order valence-electron chi connectivity index (χ1n) is 9.95. The molecule has 1 aromatic carbocycles. The predicted octanol–water partition coefficient (Wildman–Crippen LogP) is 3.05. The molecule has 0 bridgehead atoms.